The Bertz CT molecular complexity index is 422. The summed E-state index contributed by atoms with van der Waals surface area (Å²) in [6.07, 6.45) is 1.73. The van der Waals surface area contributed by atoms with Crippen LogP contribution in [0.15, 0.2) is 30.6 Å². The minimum atomic E-state index is 0.791. The summed E-state index contributed by atoms with van der Waals surface area (Å²) in [6.45, 7) is 1.88. The summed E-state index contributed by atoms with van der Waals surface area (Å²) < 4.78 is 2.96. The first-order valence-electron chi connectivity index (χ1n) is 3.90. The molecular formula is C9H8IN3. The van der Waals surface area contributed by atoms with Gasteiger partial charge >= 0.3 is 0 Å². The maximum atomic E-state index is 4.24. The molecule has 0 aliphatic heterocycles. The lowest BCUT2D eigenvalue weighted by molar-refractivity contribution is 0.858. The van der Waals surface area contributed by atoms with E-state index in [4.69, 9.17) is 0 Å². The fourth-order valence-corrected chi connectivity index (χ4v) is 1.73. The number of aromatic nitrogens is 3. The fourth-order valence-electron chi connectivity index (χ4n) is 1.10. The van der Waals surface area contributed by atoms with Crippen molar-refractivity contribution < 1.29 is 0 Å². The Balaban J connectivity index is 2.52. The van der Waals surface area contributed by atoms with E-state index in [1.54, 1.807) is 11.0 Å². The summed E-state index contributed by atoms with van der Waals surface area (Å²) >= 11 is 2.28. The molecule has 0 amide bonds. The van der Waals surface area contributed by atoms with Crippen molar-refractivity contribution in [1.82, 2.24) is 14.8 Å². The van der Waals surface area contributed by atoms with Crippen LogP contribution in [-0.4, -0.2) is 14.8 Å². The molecule has 0 unspecified atom stereocenters. The maximum Gasteiger partial charge on any atom is 0.147 e. The van der Waals surface area contributed by atoms with Gasteiger partial charge in [-0.3, -0.25) is 0 Å². The van der Waals surface area contributed by atoms with Crippen molar-refractivity contribution in [3.05, 3.63) is 40.0 Å². The lowest BCUT2D eigenvalue weighted by Gasteiger charge is -2.01. The lowest BCUT2D eigenvalue weighted by atomic mass is 10.3. The van der Waals surface area contributed by atoms with Crippen LogP contribution < -0.4 is 0 Å². The molecule has 1 heterocycles. The number of rotatable bonds is 1. The van der Waals surface area contributed by atoms with Gasteiger partial charge in [0.15, 0.2) is 0 Å². The van der Waals surface area contributed by atoms with E-state index in [0.717, 1.165) is 11.5 Å². The van der Waals surface area contributed by atoms with Gasteiger partial charge in [0.1, 0.15) is 12.2 Å². The van der Waals surface area contributed by atoms with Crippen molar-refractivity contribution in [3.8, 4) is 5.69 Å². The predicted octanol–water partition coefficient (Wildman–Crippen LogP) is 2.18. The van der Waals surface area contributed by atoms with E-state index in [1.807, 2.05) is 31.2 Å². The van der Waals surface area contributed by atoms with E-state index >= 15 is 0 Å². The Morgan fingerprint density at radius 3 is 2.69 bits per heavy atom. The van der Waals surface area contributed by atoms with Crippen LogP contribution in [0.5, 0.6) is 0 Å². The van der Waals surface area contributed by atoms with Gasteiger partial charge in [-0.25, -0.2) is 9.67 Å². The molecule has 0 fully saturated rings. The molecular weight excluding hydrogens is 277 g/mol. The molecule has 0 aliphatic carbocycles. The molecule has 0 saturated carbocycles. The van der Waals surface area contributed by atoms with E-state index in [9.17, 15) is 0 Å². The maximum absolute atomic E-state index is 4.24. The Morgan fingerprint density at radius 1 is 1.31 bits per heavy atom. The fraction of sp³-hybridized carbons (Fsp3) is 0.111. The van der Waals surface area contributed by atoms with Crippen LogP contribution in [0.2, 0.25) is 0 Å². The zero-order valence-corrected chi connectivity index (χ0v) is 9.26. The second-order valence-corrected chi connectivity index (χ2v) is 3.85. The molecule has 4 heteroatoms. The molecule has 0 N–H and O–H groups in total. The smallest absolute Gasteiger partial charge is 0.147 e. The summed E-state index contributed by atoms with van der Waals surface area (Å²) in [5, 5.41) is 4.24. The van der Waals surface area contributed by atoms with Gasteiger partial charge in [0, 0.05) is 3.57 Å². The number of nitrogens with zero attached hydrogens (tertiary/aromatic N) is 3. The molecule has 1 aromatic heterocycles. The van der Waals surface area contributed by atoms with Crippen molar-refractivity contribution in [2.24, 2.45) is 0 Å². The average molecular weight is 285 g/mol. The molecule has 13 heavy (non-hydrogen) atoms. The molecule has 2 aromatic rings. The van der Waals surface area contributed by atoms with Gasteiger partial charge in [0.2, 0.25) is 0 Å². The number of aryl methyl sites for hydroxylation is 1. The first-order chi connectivity index (χ1) is 6.27. The van der Waals surface area contributed by atoms with Gasteiger partial charge in [0.05, 0.1) is 5.69 Å². The minimum Gasteiger partial charge on any atom is -0.220 e. The van der Waals surface area contributed by atoms with Crippen LogP contribution in [0, 0.1) is 10.5 Å². The average Bonchev–Trinajstić information content (AvgIpc) is 2.53. The number of hydrogen-bond donors (Lipinski definition) is 0. The number of benzene rings is 1. The van der Waals surface area contributed by atoms with Crippen LogP contribution in [0.3, 0.4) is 0 Å². The van der Waals surface area contributed by atoms with Crippen LogP contribution in [0.1, 0.15) is 5.82 Å². The van der Waals surface area contributed by atoms with Gasteiger partial charge in [0.25, 0.3) is 0 Å². The molecule has 0 spiro atoms. The van der Waals surface area contributed by atoms with E-state index in [-0.39, 0.29) is 0 Å². The summed E-state index contributed by atoms with van der Waals surface area (Å²) in [4.78, 5) is 4.08. The highest BCUT2D eigenvalue weighted by Gasteiger charge is 2.01. The van der Waals surface area contributed by atoms with E-state index in [0.29, 0.717) is 0 Å². The quantitative estimate of drug-likeness (QED) is 0.752. The molecule has 0 bridgehead atoms. The van der Waals surface area contributed by atoms with Crippen molar-refractivity contribution in [2.45, 2.75) is 6.92 Å². The first-order valence-corrected chi connectivity index (χ1v) is 4.98. The molecule has 2 rings (SSSR count). The van der Waals surface area contributed by atoms with E-state index < -0.39 is 0 Å². The standard InChI is InChI=1S/C9H8IN3/c1-7-11-6-13(12-7)9-5-3-2-4-8(9)10/h2-6H,1H3. The molecule has 0 radical (unpaired) electrons. The molecule has 0 saturated heterocycles. The second-order valence-electron chi connectivity index (χ2n) is 2.69. The minimum absolute atomic E-state index is 0.791. The summed E-state index contributed by atoms with van der Waals surface area (Å²) in [5.74, 6) is 0.791. The highest BCUT2D eigenvalue weighted by molar-refractivity contribution is 14.1. The first kappa shape index (κ1) is 8.68. The Labute approximate surface area is 89.9 Å². The van der Waals surface area contributed by atoms with Gasteiger partial charge in [-0.1, -0.05) is 12.1 Å². The van der Waals surface area contributed by atoms with Gasteiger partial charge < -0.3 is 0 Å². The predicted molar refractivity (Wildman–Crippen MR) is 58.8 cm³/mol. The monoisotopic (exact) mass is 285 g/mol. The molecule has 66 valence electrons. The van der Waals surface area contributed by atoms with E-state index in [2.05, 4.69) is 32.7 Å². The van der Waals surface area contributed by atoms with Crippen molar-refractivity contribution in [2.75, 3.05) is 0 Å². The Hall–Kier alpha value is -0.910. The third kappa shape index (κ3) is 1.72. The number of halogens is 1. The van der Waals surface area contributed by atoms with Crippen LogP contribution >= 0.6 is 22.6 Å². The van der Waals surface area contributed by atoms with Crippen molar-refractivity contribution in [3.63, 3.8) is 0 Å². The van der Waals surface area contributed by atoms with Crippen LogP contribution in [0.4, 0.5) is 0 Å². The van der Waals surface area contributed by atoms with Crippen LogP contribution in [-0.2, 0) is 0 Å². The van der Waals surface area contributed by atoms with Gasteiger partial charge in [-0.2, -0.15) is 5.10 Å². The molecule has 3 nitrogen and oxygen atoms in total. The van der Waals surface area contributed by atoms with Gasteiger partial charge in [-0.15, -0.1) is 0 Å². The zero-order valence-electron chi connectivity index (χ0n) is 7.11. The Kier molecular flexibility index (Phi) is 2.30. The number of hydrogen-bond acceptors (Lipinski definition) is 2. The summed E-state index contributed by atoms with van der Waals surface area (Å²) in [6, 6.07) is 8.08. The largest absolute Gasteiger partial charge is 0.220 e. The highest BCUT2D eigenvalue weighted by atomic mass is 127. The topological polar surface area (TPSA) is 30.7 Å². The summed E-state index contributed by atoms with van der Waals surface area (Å²) in [7, 11) is 0. The third-order valence-corrected chi connectivity index (χ3v) is 2.62. The van der Waals surface area contributed by atoms with Crippen molar-refractivity contribution >= 4 is 22.6 Å². The highest BCUT2D eigenvalue weighted by Crippen LogP contribution is 2.14. The molecule has 0 aliphatic rings. The van der Waals surface area contributed by atoms with Crippen molar-refractivity contribution in [1.29, 1.82) is 0 Å². The third-order valence-electron chi connectivity index (χ3n) is 1.71. The zero-order chi connectivity index (χ0) is 9.26. The lowest BCUT2D eigenvalue weighted by Crippen LogP contribution is -1.97. The van der Waals surface area contributed by atoms with E-state index in [1.165, 1.54) is 3.57 Å². The molecule has 1 aromatic carbocycles. The molecule has 0 atom stereocenters. The normalized spacial score (nSPS) is 10.3. The van der Waals surface area contributed by atoms with Gasteiger partial charge in [-0.05, 0) is 41.6 Å². The Morgan fingerprint density at radius 2 is 2.08 bits per heavy atom. The summed E-state index contributed by atoms with van der Waals surface area (Å²) in [5.41, 5.74) is 1.07. The number of para-hydroxylation sites is 1. The SMILES string of the molecule is Cc1ncn(-c2ccccc2I)n1. The van der Waals surface area contributed by atoms with Crippen LogP contribution in [0.25, 0.3) is 5.69 Å². The second kappa shape index (κ2) is 3.45.